The predicted octanol–water partition coefficient (Wildman–Crippen LogP) is 1.24. The van der Waals surface area contributed by atoms with E-state index in [4.69, 9.17) is 4.74 Å². The van der Waals surface area contributed by atoms with Crippen molar-refractivity contribution in [3.8, 4) is 5.75 Å². The van der Waals surface area contributed by atoms with Crippen LogP contribution in [0, 0.1) is 0 Å². The molecule has 2 rings (SSSR count). The molecule has 1 aliphatic rings. The van der Waals surface area contributed by atoms with Gasteiger partial charge in [0.1, 0.15) is 12.2 Å². The fraction of sp³-hybridized carbons (Fsp3) is 0.625. The first-order valence-electron chi connectivity index (χ1n) is 7.77. The third-order valence-electron chi connectivity index (χ3n) is 3.81. The molecular weight excluding hydrogens is 314 g/mol. The third-order valence-corrected chi connectivity index (χ3v) is 4.45. The van der Waals surface area contributed by atoms with Crippen molar-refractivity contribution in [3.63, 3.8) is 0 Å². The van der Waals surface area contributed by atoms with Crippen LogP contribution < -0.4 is 9.64 Å². The van der Waals surface area contributed by atoms with Gasteiger partial charge in [0, 0.05) is 33.3 Å². The van der Waals surface area contributed by atoms with Crippen LogP contribution in [-0.4, -0.2) is 72.3 Å². The molecular formula is C16H25N3O3S. The summed E-state index contributed by atoms with van der Waals surface area (Å²) in [6.45, 7) is 1.13. The average molecular weight is 339 g/mol. The number of carbonyl (C=O) groups is 1. The van der Waals surface area contributed by atoms with Gasteiger partial charge in [-0.1, -0.05) is 0 Å². The summed E-state index contributed by atoms with van der Waals surface area (Å²) < 4.78 is 6.03. The van der Waals surface area contributed by atoms with Crippen molar-refractivity contribution < 1.29 is 14.6 Å². The summed E-state index contributed by atoms with van der Waals surface area (Å²) in [5, 5.41) is 9.94. The molecule has 2 atom stereocenters. The largest absolute Gasteiger partial charge is 0.485 e. The minimum absolute atomic E-state index is 0.0606. The summed E-state index contributed by atoms with van der Waals surface area (Å²) in [6, 6.07) is 3.73. The van der Waals surface area contributed by atoms with Crippen LogP contribution in [0.4, 0.5) is 5.82 Å². The van der Waals surface area contributed by atoms with Crippen LogP contribution in [0.1, 0.15) is 12.8 Å². The molecule has 0 radical (unpaired) electrons. The highest BCUT2D eigenvalue weighted by molar-refractivity contribution is 7.98. The predicted molar refractivity (Wildman–Crippen MR) is 93.2 cm³/mol. The highest BCUT2D eigenvalue weighted by atomic mass is 32.2. The number of aliphatic hydroxyl groups excluding tert-OH is 1. The molecule has 2 unspecified atom stereocenters. The van der Waals surface area contributed by atoms with E-state index >= 15 is 0 Å². The molecule has 1 aromatic rings. The van der Waals surface area contributed by atoms with Crippen LogP contribution in [0.5, 0.6) is 5.75 Å². The number of likely N-dealkylation sites (tertiary alicyclic amines) is 1. The second-order valence-electron chi connectivity index (χ2n) is 5.83. The van der Waals surface area contributed by atoms with E-state index in [9.17, 15) is 9.90 Å². The lowest BCUT2D eigenvalue weighted by Crippen LogP contribution is -2.39. The summed E-state index contributed by atoms with van der Waals surface area (Å²) in [4.78, 5) is 20.1. The number of carbonyl (C=O) groups excluding carboxylic acids is 1. The maximum absolute atomic E-state index is 12.2. The molecule has 6 nitrogen and oxygen atoms in total. The highest BCUT2D eigenvalue weighted by Crippen LogP contribution is 2.26. The first-order valence-corrected chi connectivity index (χ1v) is 9.17. The van der Waals surface area contributed by atoms with Gasteiger partial charge in [0.05, 0.1) is 6.54 Å². The minimum atomic E-state index is -0.906. The van der Waals surface area contributed by atoms with Crippen molar-refractivity contribution in [1.82, 2.24) is 9.88 Å². The van der Waals surface area contributed by atoms with Crippen molar-refractivity contribution >= 4 is 23.5 Å². The zero-order valence-corrected chi connectivity index (χ0v) is 14.8. The summed E-state index contributed by atoms with van der Waals surface area (Å²) in [6.07, 6.45) is 3.99. The number of hydrogen-bond acceptors (Lipinski definition) is 6. The molecule has 0 saturated carbocycles. The van der Waals surface area contributed by atoms with E-state index in [1.807, 2.05) is 37.4 Å². The molecule has 2 heterocycles. The summed E-state index contributed by atoms with van der Waals surface area (Å²) >= 11 is 1.63. The monoisotopic (exact) mass is 339 g/mol. The molecule has 0 bridgehead atoms. The number of aromatic nitrogens is 1. The molecule has 1 aliphatic heterocycles. The second kappa shape index (κ2) is 8.40. The van der Waals surface area contributed by atoms with Gasteiger partial charge in [0.15, 0.2) is 11.6 Å². The van der Waals surface area contributed by atoms with Crippen molar-refractivity contribution in [1.29, 1.82) is 0 Å². The molecule has 0 aromatic carbocycles. The molecule has 1 N–H and O–H groups in total. The van der Waals surface area contributed by atoms with Gasteiger partial charge in [0.25, 0.3) is 5.91 Å². The SMILES string of the molecule is CSCCC(O)C(=O)N1CCC(Oc2cccnc2N(C)C)C1. The summed E-state index contributed by atoms with van der Waals surface area (Å²) in [7, 11) is 3.84. The van der Waals surface area contributed by atoms with E-state index in [1.165, 1.54) is 0 Å². The number of pyridine rings is 1. The lowest BCUT2D eigenvalue weighted by atomic mass is 10.2. The Labute approximate surface area is 141 Å². The van der Waals surface area contributed by atoms with E-state index in [0.29, 0.717) is 19.5 Å². The fourth-order valence-corrected chi connectivity index (χ4v) is 3.04. The van der Waals surface area contributed by atoms with Crippen LogP contribution in [0.3, 0.4) is 0 Å². The summed E-state index contributed by atoms with van der Waals surface area (Å²) in [5.74, 6) is 2.09. The van der Waals surface area contributed by atoms with Gasteiger partial charge in [-0.3, -0.25) is 4.79 Å². The Morgan fingerprint density at radius 2 is 2.39 bits per heavy atom. The second-order valence-corrected chi connectivity index (χ2v) is 6.82. The third kappa shape index (κ3) is 4.75. The Bertz CT molecular complexity index is 527. The highest BCUT2D eigenvalue weighted by Gasteiger charge is 2.31. The van der Waals surface area contributed by atoms with Crippen LogP contribution in [-0.2, 0) is 4.79 Å². The smallest absolute Gasteiger partial charge is 0.251 e. The van der Waals surface area contributed by atoms with Gasteiger partial charge in [-0.2, -0.15) is 11.8 Å². The maximum atomic E-state index is 12.2. The molecule has 7 heteroatoms. The van der Waals surface area contributed by atoms with Crippen LogP contribution >= 0.6 is 11.8 Å². The Hall–Kier alpha value is -1.47. The maximum Gasteiger partial charge on any atom is 0.251 e. The van der Waals surface area contributed by atoms with Crippen LogP contribution in [0.25, 0.3) is 0 Å². The lowest BCUT2D eigenvalue weighted by Gasteiger charge is -2.21. The molecule has 23 heavy (non-hydrogen) atoms. The number of hydrogen-bond donors (Lipinski definition) is 1. The number of ether oxygens (including phenoxy) is 1. The number of nitrogens with zero attached hydrogens (tertiary/aromatic N) is 3. The Kier molecular flexibility index (Phi) is 6.53. The van der Waals surface area contributed by atoms with Gasteiger partial charge in [-0.25, -0.2) is 4.98 Å². The van der Waals surface area contributed by atoms with Gasteiger partial charge in [-0.05, 0) is 30.6 Å². The van der Waals surface area contributed by atoms with Crippen molar-refractivity contribution in [2.24, 2.45) is 0 Å². The fourth-order valence-electron chi connectivity index (χ4n) is 2.58. The quantitative estimate of drug-likeness (QED) is 0.806. The number of thioether (sulfide) groups is 1. The van der Waals surface area contributed by atoms with Crippen molar-refractivity contribution in [2.45, 2.75) is 25.0 Å². The van der Waals surface area contributed by atoms with Crippen LogP contribution in [0.2, 0.25) is 0 Å². The van der Waals surface area contributed by atoms with E-state index in [1.54, 1.807) is 22.9 Å². The number of amides is 1. The molecule has 0 spiro atoms. The first-order chi connectivity index (χ1) is 11.0. The normalized spacial score (nSPS) is 18.8. The molecule has 0 aliphatic carbocycles. The Morgan fingerprint density at radius 3 is 3.09 bits per heavy atom. The van der Waals surface area contributed by atoms with E-state index < -0.39 is 6.10 Å². The van der Waals surface area contributed by atoms with Gasteiger partial charge < -0.3 is 19.6 Å². The van der Waals surface area contributed by atoms with Gasteiger partial charge >= 0.3 is 0 Å². The molecule has 1 saturated heterocycles. The first kappa shape index (κ1) is 17.9. The molecule has 1 aromatic heterocycles. The molecule has 1 fully saturated rings. The van der Waals surface area contributed by atoms with Gasteiger partial charge in [-0.15, -0.1) is 0 Å². The minimum Gasteiger partial charge on any atom is -0.485 e. The van der Waals surface area contributed by atoms with E-state index in [2.05, 4.69) is 4.98 Å². The van der Waals surface area contributed by atoms with Crippen LogP contribution in [0.15, 0.2) is 18.3 Å². The number of rotatable bonds is 7. The zero-order valence-electron chi connectivity index (χ0n) is 13.9. The number of anilines is 1. The average Bonchev–Trinajstić information content (AvgIpc) is 3.00. The number of aliphatic hydroxyl groups is 1. The Balaban J connectivity index is 1.92. The topological polar surface area (TPSA) is 65.9 Å². The zero-order chi connectivity index (χ0) is 16.8. The lowest BCUT2D eigenvalue weighted by molar-refractivity contribution is -0.139. The molecule has 1 amide bonds. The molecule has 128 valence electrons. The summed E-state index contributed by atoms with van der Waals surface area (Å²) in [5.41, 5.74) is 0. The van der Waals surface area contributed by atoms with Gasteiger partial charge in [0.2, 0.25) is 0 Å². The standard InChI is InChI=1S/C16H25N3O3S/c1-18(2)15-14(5-4-8-17-15)22-12-6-9-19(11-12)16(21)13(20)7-10-23-3/h4-5,8,12-13,20H,6-7,9-11H2,1-3H3. The van der Waals surface area contributed by atoms with Crippen molar-refractivity contribution in [3.05, 3.63) is 18.3 Å². The Morgan fingerprint density at radius 1 is 1.61 bits per heavy atom. The van der Waals surface area contributed by atoms with E-state index in [0.717, 1.165) is 23.7 Å². The van der Waals surface area contributed by atoms with E-state index in [-0.39, 0.29) is 12.0 Å². The van der Waals surface area contributed by atoms with Crippen molar-refractivity contribution in [2.75, 3.05) is 44.1 Å².